The number of carbonyl (C=O) groups excluding carboxylic acids is 2. The molecule has 0 aliphatic carbocycles. The smallest absolute Gasteiger partial charge is 0.305 e. The van der Waals surface area contributed by atoms with E-state index in [0.29, 0.717) is 19.4 Å². The van der Waals surface area contributed by atoms with Crippen LogP contribution in [0.2, 0.25) is 0 Å². The van der Waals surface area contributed by atoms with Crippen LogP contribution >= 0.6 is 0 Å². The van der Waals surface area contributed by atoms with E-state index in [1.807, 2.05) is 6.08 Å². The number of ether oxygens (including phenoxy) is 1. The SMILES string of the molecule is CCCCC/C=C\C/C=C\CCCCCCCC(=O)OCCCCCCCCCCCC(=O)NC(CO)C(O)/C=C/CCCCCCCCCCCCCCCCC. The van der Waals surface area contributed by atoms with Gasteiger partial charge < -0.3 is 20.3 Å². The van der Waals surface area contributed by atoms with Gasteiger partial charge in [-0.1, -0.05) is 217 Å². The average Bonchev–Trinajstić information content (AvgIpc) is 3.22. The number of allylic oxidation sites excluding steroid dienone is 5. The highest BCUT2D eigenvalue weighted by molar-refractivity contribution is 5.76. The third-order valence-electron chi connectivity index (χ3n) is 11.4. The Morgan fingerprint density at radius 2 is 0.862 bits per heavy atom. The molecule has 0 radical (unpaired) electrons. The third kappa shape index (κ3) is 43.7. The Bertz CT molecular complexity index is 946. The van der Waals surface area contributed by atoms with Crippen molar-refractivity contribution >= 4 is 11.9 Å². The van der Waals surface area contributed by atoms with Gasteiger partial charge in [-0.05, 0) is 64.2 Å². The van der Waals surface area contributed by atoms with Crippen molar-refractivity contribution in [3.05, 3.63) is 36.5 Å². The molecule has 0 saturated carbocycles. The van der Waals surface area contributed by atoms with Crippen LogP contribution in [-0.4, -0.2) is 47.4 Å². The van der Waals surface area contributed by atoms with E-state index in [1.165, 1.54) is 161 Å². The summed E-state index contributed by atoms with van der Waals surface area (Å²) in [7, 11) is 0. The standard InChI is InChI=1S/C52H97NO5/c1-3-5-7-9-11-13-15-17-19-20-22-23-25-28-32-36-40-44-50(55)49(48-54)53-51(56)45-41-37-33-29-27-31-35-39-43-47-58-52(57)46-42-38-34-30-26-24-21-18-16-14-12-10-8-6-4-2/h12,14,18,21,40,44,49-50,54-55H,3-11,13,15-17,19-20,22-39,41-43,45-48H2,1-2H3,(H,53,56)/b14-12-,21-18-,44-40+. The highest BCUT2D eigenvalue weighted by Crippen LogP contribution is 2.15. The van der Waals surface area contributed by atoms with Gasteiger partial charge in [0.1, 0.15) is 0 Å². The number of unbranched alkanes of at least 4 members (excludes halogenated alkanes) is 31. The van der Waals surface area contributed by atoms with Crippen LogP contribution in [-0.2, 0) is 14.3 Å². The molecule has 3 N–H and O–H groups in total. The topological polar surface area (TPSA) is 95.9 Å². The zero-order valence-corrected chi connectivity index (χ0v) is 38.5. The molecule has 0 heterocycles. The second kappa shape index (κ2) is 47.8. The van der Waals surface area contributed by atoms with Gasteiger partial charge in [0.2, 0.25) is 5.91 Å². The highest BCUT2D eigenvalue weighted by atomic mass is 16.5. The number of nitrogens with one attached hydrogen (secondary N) is 1. The Balaban J connectivity index is 3.55. The van der Waals surface area contributed by atoms with Crippen molar-refractivity contribution in [3.8, 4) is 0 Å². The number of rotatable bonds is 46. The molecule has 0 aliphatic heterocycles. The van der Waals surface area contributed by atoms with Crippen LogP contribution in [0.3, 0.4) is 0 Å². The van der Waals surface area contributed by atoms with Gasteiger partial charge in [-0.15, -0.1) is 0 Å². The quantitative estimate of drug-likeness (QED) is 0.0323. The molecule has 0 aromatic rings. The van der Waals surface area contributed by atoms with E-state index in [1.54, 1.807) is 6.08 Å². The van der Waals surface area contributed by atoms with Crippen LogP contribution in [0.4, 0.5) is 0 Å². The molecular weight excluding hydrogens is 719 g/mol. The number of carbonyl (C=O) groups is 2. The van der Waals surface area contributed by atoms with Crippen LogP contribution in [0, 0.1) is 0 Å². The second-order valence-corrected chi connectivity index (χ2v) is 17.1. The maximum atomic E-state index is 12.4. The Morgan fingerprint density at radius 1 is 0.483 bits per heavy atom. The first-order chi connectivity index (χ1) is 28.5. The first-order valence-electron chi connectivity index (χ1n) is 25.3. The minimum atomic E-state index is -0.863. The fourth-order valence-corrected chi connectivity index (χ4v) is 7.49. The van der Waals surface area contributed by atoms with Crippen molar-refractivity contribution in [3.63, 3.8) is 0 Å². The first-order valence-corrected chi connectivity index (χ1v) is 25.3. The average molecular weight is 816 g/mol. The fraction of sp³-hybridized carbons (Fsp3) is 0.846. The van der Waals surface area contributed by atoms with E-state index < -0.39 is 12.1 Å². The molecule has 0 aromatic heterocycles. The summed E-state index contributed by atoms with van der Waals surface area (Å²) in [6.07, 6.45) is 57.0. The fourth-order valence-electron chi connectivity index (χ4n) is 7.49. The van der Waals surface area contributed by atoms with E-state index in [0.717, 1.165) is 70.6 Å². The van der Waals surface area contributed by atoms with Gasteiger partial charge in [0.25, 0.3) is 0 Å². The minimum Gasteiger partial charge on any atom is -0.466 e. The maximum absolute atomic E-state index is 12.4. The molecule has 0 aromatic carbocycles. The van der Waals surface area contributed by atoms with Crippen LogP contribution < -0.4 is 5.32 Å². The van der Waals surface area contributed by atoms with Gasteiger partial charge in [-0.3, -0.25) is 9.59 Å². The third-order valence-corrected chi connectivity index (χ3v) is 11.4. The Labute approximate surface area is 360 Å². The Hall–Kier alpha value is -1.92. The van der Waals surface area contributed by atoms with E-state index in [2.05, 4.69) is 43.5 Å². The normalized spacial score (nSPS) is 13.0. The van der Waals surface area contributed by atoms with Crippen molar-refractivity contribution in [2.24, 2.45) is 0 Å². The van der Waals surface area contributed by atoms with Gasteiger partial charge in [0, 0.05) is 12.8 Å². The highest BCUT2D eigenvalue weighted by Gasteiger charge is 2.18. The minimum absolute atomic E-state index is 0.0417. The largest absolute Gasteiger partial charge is 0.466 e. The van der Waals surface area contributed by atoms with Crippen LogP contribution in [0.5, 0.6) is 0 Å². The van der Waals surface area contributed by atoms with Gasteiger partial charge >= 0.3 is 5.97 Å². The lowest BCUT2D eigenvalue weighted by Crippen LogP contribution is -2.45. The molecule has 0 fully saturated rings. The Morgan fingerprint density at radius 3 is 1.34 bits per heavy atom. The monoisotopic (exact) mass is 816 g/mol. The number of aliphatic hydroxyl groups is 2. The molecule has 2 atom stereocenters. The van der Waals surface area contributed by atoms with Gasteiger partial charge in [0.15, 0.2) is 0 Å². The summed E-state index contributed by atoms with van der Waals surface area (Å²) >= 11 is 0. The molecule has 0 rings (SSSR count). The van der Waals surface area contributed by atoms with Gasteiger partial charge in [-0.25, -0.2) is 0 Å². The summed E-state index contributed by atoms with van der Waals surface area (Å²) in [6, 6.07) is -0.649. The number of hydrogen-bond acceptors (Lipinski definition) is 5. The number of esters is 1. The lowest BCUT2D eigenvalue weighted by atomic mass is 10.0. The zero-order valence-electron chi connectivity index (χ0n) is 38.5. The van der Waals surface area contributed by atoms with E-state index in [-0.39, 0.29) is 18.5 Å². The van der Waals surface area contributed by atoms with Crippen molar-refractivity contribution in [2.45, 2.75) is 270 Å². The summed E-state index contributed by atoms with van der Waals surface area (Å²) in [6.45, 7) is 4.80. The van der Waals surface area contributed by atoms with Gasteiger partial charge in [0.05, 0.1) is 25.4 Å². The zero-order chi connectivity index (χ0) is 42.3. The Kier molecular flexibility index (Phi) is 46.2. The van der Waals surface area contributed by atoms with Crippen molar-refractivity contribution in [1.82, 2.24) is 5.32 Å². The lowest BCUT2D eigenvalue weighted by Gasteiger charge is -2.20. The molecule has 1 amide bonds. The van der Waals surface area contributed by atoms with Crippen LogP contribution in [0.1, 0.15) is 258 Å². The van der Waals surface area contributed by atoms with Gasteiger partial charge in [-0.2, -0.15) is 0 Å². The predicted octanol–water partition coefficient (Wildman–Crippen LogP) is 14.9. The molecule has 2 unspecified atom stereocenters. The van der Waals surface area contributed by atoms with Crippen LogP contribution in [0.15, 0.2) is 36.5 Å². The van der Waals surface area contributed by atoms with Crippen molar-refractivity contribution < 1.29 is 24.5 Å². The molecule has 58 heavy (non-hydrogen) atoms. The summed E-state index contributed by atoms with van der Waals surface area (Å²) in [4.78, 5) is 24.5. The predicted molar refractivity (Wildman–Crippen MR) is 250 cm³/mol. The van der Waals surface area contributed by atoms with E-state index in [4.69, 9.17) is 4.74 Å². The summed E-state index contributed by atoms with van der Waals surface area (Å²) < 4.78 is 5.44. The molecular formula is C52H97NO5. The number of aliphatic hydroxyl groups excluding tert-OH is 2. The molecule has 0 aliphatic rings. The number of hydrogen-bond donors (Lipinski definition) is 3. The molecule has 0 saturated heterocycles. The summed E-state index contributed by atoms with van der Waals surface area (Å²) in [5.74, 6) is -0.138. The van der Waals surface area contributed by atoms with Crippen molar-refractivity contribution in [1.29, 1.82) is 0 Å². The number of amides is 1. The van der Waals surface area contributed by atoms with E-state index in [9.17, 15) is 19.8 Å². The molecule has 0 spiro atoms. The molecule has 6 nitrogen and oxygen atoms in total. The van der Waals surface area contributed by atoms with E-state index >= 15 is 0 Å². The second-order valence-electron chi connectivity index (χ2n) is 17.1. The summed E-state index contributed by atoms with van der Waals surface area (Å²) in [5.41, 5.74) is 0. The molecule has 6 heteroatoms. The summed E-state index contributed by atoms with van der Waals surface area (Å²) in [5, 5.41) is 23.1. The van der Waals surface area contributed by atoms with Crippen molar-refractivity contribution in [2.75, 3.05) is 13.2 Å². The first kappa shape index (κ1) is 56.1. The molecule has 0 bridgehead atoms. The molecule has 340 valence electrons. The lowest BCUT2D eigenvalue weighted by molar-refractivity contribution is -0.143. The van der Waals surface area contributed by atoms with Crippen LogP contribution in [0.25, 0.3) is 0 Å². The maximum Gasteiger partial charge on any atom is 0.305 e.